The van der Waals surface area contributed by atoms with Crippen molar-refractivity contribution < 1.29 is 4.79 Å². The summed E-state index contributed by atoms with van der Waals surface area (Å²) in [5.74, 6) is 0.158. The highest BCUT2D eigenvalue weighted by Gasteiger charge is 2.39. The maximum absolute atomic E-state index is 12.5. The van der Waals surface area contributed by atoms with E-state index in [4.69, 9.17) is 0 Å². The smallest absolute Gasteiger partial charge is 0.254 e. The van der Waals surface area contributed by atoms with E-state index in [9.17, 15) is 4.79 Å². The fourth-order valence-electron chi connectivity index (χ4n) is 2.79. The van der Waals surface area contributed by atoms with Crippen LogP contribution >= 0.6 is 0 Å². The summed E-state index contributed by atoms with van der Waals surface area (Å²) in [6.07, 6.45) is 2.17. The number of hydrogen-bond acceptors (Lipinski definition) is 2. The Morgan fingerprint density at radius 3 is 2.67 bits per heavy atom. The summed E-state index contributed by atoms with van der Waals surface area (Å²) in [7, 11) is 1.94. The molecule has 0 aromatic heterocycles. The molecule has 0 saturated carbocycles. The first-order chi connectivity index (χ1) is 8.57. The van der Waals surface area contributed by atoms with Crippen molar-refractivity contribution in [3.63, 3.8) is 0 Å². The zero-order valence-electron chi connectivity index (χ0n) is 11.5. The molecule has 1 aromatic carbocycles. The van der Waals surface area contributed by atoms with Crippen molar-refractivity contribution in [2.75, 3.05) is 20.1 Å². The third-order valence-electron chi connectivity index (χ3n) is 3.85. The molecule has 1 aliphatic rings. The minimum absolute atomic E-state index is 0.0449. The normalized spacial score (nSPS) is 23.4. The van der Waals surface area contributed by atoms with E-state index in [1.807, 2.05) is 43.1 Å². The summed E-state index contributed by atoms with van der Waals surface area (Å²) in [6, 6.07) is 7.85. The average molecular weight is 246 g/mol. The Morgan fingerprint density at radius 2 is 2.06 bits per heavy atom. The fraction of sp³-hybridized carbons (Fsp3) is 0.533. The van der Waals surface area contributed by atoms with Crippen molar-refractivity contribution in [1.29, 1.82) is 0 Å². The second kappa shape index (κ2) is 5.11. The molecule has 1 aromatic rings. The van der Waals surface area contributed by atoms with Gasteiger partial charge in [0.2, 0.25) is 0 Å². The molecule has 2 rings (SSSR count). The minimum atomic E-state index is -0.0449. The lowest BCUT2D eigenvalue weighted by molar-refractivity contribution is 0.0626. The van der Waals surface area contributed by atoms with Gasteiger partial charge in [-0.15, -0.1) is 0 Å². The quantitative estimate of drug-likeness (QED) is 0.887. The van der Waals surface area contributed by atoms with Gasteiger partial charge in [-0.25, -0.2) is 0 Å². The summed E-state index contributed by atoms with van der Waals surface area (Å²) < 4.78 is 0. The molecular weight excluding hydrogens is 224 g/mol. The van der Waals surface area contributed by atoms with Crippen LogP contribution in [0.4, 0.5) is 0 Å². The highest BCUT2D eigenvalue weighted by atomic mass is 16.2. The number of rotatable bonds is 3. The van der Waals surface area contributed by atoms with Gasteiger partial charge in [0.25, 0.3) is 5.91 Å². The van der Waals surface area contributed by atoms with Gasteiger partial charge in [0.05, 0.1) is 5.54 Å². The largest absolute Gasteiger partial charge is 0.332 e. The highest BCUT2D eigenvalue weighted by molar-refractivity contribution is 5.95. The van der Waals surface area contributed by atoms with E-state index in [0.29, 0.717) is 0 Å². The van der Waals surface area contributed by atoms with Gasteiger partial charge in [0.1, 0.15) is 0 Å². The first kappa shape index (κ1) is 13.1. The Kier molecular flexibility index (Phi) is 3.71. The summed E-state index contributed by atoms with van der Waals surface area (Å²) in [6.45, 7) is 5.92. The van der Waals surface area contributed by atoms with E-state index < -0.39 is 0 Å². The third-order valence-corrected chi connectivity index (χ3v) is 3.85. The van der Waals surface area contributed by atoms with Crippen LogP contribution in [-0.4, -0.2) is 36.5 Å². The van der Waals surface area contributed by atoms with Crippen LogP contribution in [0.1, 0.15) is 35.7 Å². The molecular formula is C15H22N2O. The number of aryl methyl sites for hydroxylation is 1. The van der Waals surface area contributed by atoms with Gasteiger partial charge in [-0.1, -0.05) is 17.7 Å². The molecule has 1 unspecified atom stereocenters. The van der Waals surface area contributed by atoms with E-state index in [1.54, 1.807) is 0 Å². The molecule has 1 saturated heterocycles. The zero-order chi connectivity index (χ0) is 13.2. The number of likely N-dealkylation sites (N-methyl/N-ethyl adjacent to an activating group) is 1. The van der Waals surface area contributed by atoms with E-state index in [1.165, 1.54) is 5.56 Å². The van der Waals surface area contributed by atoms with Gasteiger partial charge in [0.15, 0.2) is 0 Å². The Hall–Kier alpha value is -1.35. The first-order valence-corrected chi connectivity index (χ1v) is 6.60. The number of nitrogens with one attached hydrogen (secondary N) is 1. The second-order valence-electron chi connectivity index (χ2n) is 5.45. The molecule has 3 heteroatoms. The predicted molar refractivity (Wildman–Crippen MR) is 73.8 cm³/mol. The lowest BCUT2D eigenvalue weighted by Gasteiger charge is -2.35. The van der Waals surface area contributed by atoms with Gasteiger partial charge >= 0.3 is 0 Å². The van der Waals surface area contributed by atoms with Crippen molar-refractivity contribution in [3.05, 3.63) is 35.4 Å². The van der Waals surface area contributed by atoms with Crippen LogP contribution in [0.5, 0.6) is 0 Å². The van der Waals surface area contributed by atoms with Gasteiger partial charge in [-0.05, 0) is 45.9 Å². The van der Waals surface area contributed by atoms with E-state index in [2.05, 4.69) is 12.2 Å². The van der Waals surface area contributed by atoms with Crippen LogP contribution in [0.3, 0.4) is 0 Å². The molecule has 1 aliphatic heterocycles. The van der Waals surface area contributed by atoms with E-state index >= 15 is 0 Å². The van der Waals surface area contributed by atoms with Crippen LogP contribution in [-0.2, 0) is 0 Å². The topological polar surface area (TPSA) is 32.3 Å². The minimum Gasteiger partial charge on any atom is -0.332 e. The van der Waals surface area contributed by atoms with Crippen molar-refractivity contribution >= 4 is 5.91 Å². The van der Waals surface area contributed by atoms with Crippen molar-refractivity contribution in [2.45, 2.75) is 32.2 Å². The van der Waals surface area contributed by atoms with Gasteiger partial charge in [-0.2, -0.15) is 0 Å². The van der Waals surface area contributed by atoms with Gasteiger partial charge in [0, 0.05) is 18.7 Å². The summed E-state index contributed by atoms with van der Waals surface area (Å²) in [5, 5.41) is 3.20. The maximum atomic E-state index is 12.5. The molecule has 1 fully saturated rings. The lowest BCUT2D eigenvalue weighted by Crippen LogP contribution is -2.50. The number of benzene rings is 1. The molecule has 3 nitrogen and oxygen atoms in total. The maximum Gasteiger partial charge on any atom is 0.254 e. The Morgan fingerprint density at radius 1 is 1.39 bits per heavy atom. The summed E-state index contributed by atoms with van der Waals surface area (Å²) in [5.41, 5.74) is 1.94. The number of carbonyl (C=O) groups is 1. The molecule has 1 atom stereocenters. The first-order valence-electron chi connectivity index (χ1n) is 6.60. The monoisotopic (exact) mass is 246 g/mol. The molecule has 1 heterocycles. The third kappa shape index (κ3) is 2.41. The average Bonchev–Trinajstić information content (AvgIpc) is 2.71. The van der Waals surface area contributed by atoms with Crippen molar-refractivity contribution in [1.82, 2.24) is 10.2 Å². The van der Waals surface area contributed by atoms with Crippen LogP contribution < -0.4 is 5.32 Å². The van der Waals surface area contributed by atoms with Crippen LogP contribution in [0, 0.1) is 6.92 Å². The Bertz CT molecular complexity index is 427. The van der Waals surface area contributed by atoms with Crippen molar-refractivity contribution in [3.8, 4) is 0 Å². The number of hydrogen-bond donors (Lipinski definition) is 1. The summed E-state index contributed by atoms with van der Waals surface area (Å²) >= 11 is 0. The lowest BCUT2D eigenvalue weighted by atomic mass is 9.98. The zero-order valence-corrected chi connectivity index (χ0v) is 11.5. The van der Waals surface area contributed by atoms with Gasteiger partial charge in [-0.3, -0.25) is 4.79 Å². The standard InChI is InChI=1S/C15H22N2O/c1-12-5-7-13(8-6-12)14(18)17-10-4-9-15(17,2)11-16-3/h5-8,16H,4,9-11H2,1-3H3. The molecule has 18 heavy (non-hydrogen) atoms. The van der Waals surface area contributed by atoms with Crippen molar-refractivity contribution in [2.24, 2.45) is 0 Å². The number of likely N-dealkylation sites (tertiary alicyclic amines) is 1. The number of nitrogens with zero attached hydrogens (tertiary/aromatic N) is 1. The SMILES string of the molecule is CNCC1(C)CCCN1C(=O)c1ccc(C)cc1. The molecule has 0 aliphatic carbocycles. The highest BCUT2D eigenvalue weighted by Crippen LogP contribution is 2.29. The summed E-state index contributed by atoms with van der Waals surface area (Å²) in [4.78, 5) is 14.6. The fourth-order valence-corrected chi connectivity index (χ4v) is 2.79. The van der Waals surface area contributed by atoms with E-state index in [0.717, 1.165) is 31.5 Å². The Labute approximate surface area is 109 Å². The van der Waals surface area contributed by atoms with Gasteiger partial charge < -0.3 is 10.2 Å². The number of carbonyl (C=O) groups excluding carboxylic acids is 1. The second-order valence-corrected chi connectivity index (χ2v) is 5.45. The van der Waals surface area contributed by atoms with Crippen LogP contribution in [0.15, 0.2) is 24.3 Å². The van der Waals surface area contributed by atoms with Crippen LogP contribution in [0.25, 0.3) is 0 Å². The van der Waals surface area contributed by atoms with Crippen LogP contribution in [0.2, 0.25) is 0 Å². The molecule has 0 bridgehead atoms. The Balaban J connectivity index is 2.20. The molecule has 98 valence electrons. The molecule has 0 radical (unpaired) electrons. The molecule has 1 N–H and O–H groups in total. The molecule has 1 amide bonds. The molecule has 0 spiro atoms. The predicted octanol–water partition coefficient (Wildman–Crippen LogP) is 2.21. The van der Waals surface area contributed by atoms with E-state index in [-0.39, 0.29) is 11.4 Å². The number of amides is 1.